The van der Waals surface area contributed by atoms with Gasteiger partial charge in [-0.1, -0.05) is 6.07 Å². The van der Waals surface area contributed by atoms with Crippen LogP contribution in [0.3, 0.4) is 0 Å². The van der Waals surface area contributed by atoms with Crippen molar-refractivity contribution in [2.24, 2.45) is 0 Å². The Hall–Kier alpha value is -2.62. The molecule has 1 fully saturated rings. The topological polar surface area (TPSA) is 23.6 Å². The van der Waals surface area contributed by atoms with Gasteiger partial charge in [0.05, 0.1) is 0 Å². The molecule has 0 aliphatic carbocycles. The van der Waals surface area contributed by atoms with Crippen molar-refractivity contribution in [2.75, 3.05) is 31.1 Å². The van der Waals surface area contributed by atoms with Crippen LogP contribution in [0, 0.1) is 19.7 Å². The molecule has 0 bridgehead atoms. The summed E-state index contributed by atoms with van der Waals surface area (Å²) in [4.78, 5) is 17.0. The molecule has 0 amide bonds. The first-order valence-electron chi connectivity index (χ1n) is 8.99. The van der Waals surface area contributed by atoms with Gasteiger partial charge in [-0.15, -0.1) is 0 Å². The van der Waals surface area contributed by atoms with E-state index in [-0.39, 0.29) is 11.6 Å². The van der Waals surface area contributed by atoms with E-state index in [2.05, 4.69) is 41.8 Å². The SMILES string of the molecule is CC(=CN1CCN(c2ccc(C)c(C)c2)CC1)C(=O)c1ccc(F)cc1. The van der Waals surface area contributed by atoms with E-state index in [0.717, 1.165) is 26.2 Å². The van der Waals surface area contributed by atoms with Crippen molar-refractivity contribution in [1.82, 2.24) is 4.90 Å². The Kier molecular flexibility index (Phi) is 5.40. The van der Waals surface area contributed by atoms with Crippen molar-refractivity contribution in [3.8, 4) is 0 Å². The summed E-state index contributed by atoms with van der Waals surface area (Å²) in [5.74, 6) is -0.382. The van der Waals surface area contributed by atoms with Crippen molar-refractivity contribution in [3.63, 3.8) is 0 Å². The minimum atomic E-state index is -0.328. The molecular weight excluding hydrogens is 327 g/mol. The molecule has 1 aliphatic rings. The Labute approximate surface area is 154 Å². The van der Waals surface area contributed by atoms with Crippen LogP contribution >= 0.6 is 0 Å². The maximum absolute atomic E-state index is 13.0. The summed E-state index contributed by atoms with van der Waals surface area (Å²) >= 11 is 0. The van der Waals surface area contributed by atoms with Crippen LogP contribution in [0.25, 0.3) is 0 Å². The smallest absolute Gasteiger partial charge is 0.190 e. The van der Waals surface area contributed by atoms with Gasteiger partial charge in [0, 0.05) is 49.2 Å². The fourth-order valence-corrected chi connectivity index (χ4v) is 3.19. The number of Topliss-reactive ketones (excluding diaryl/α,β-unsaturated/α-hetero) is 1. The molecular formula is C22H25FN2O. The lowest BCUT2D eigenvalue weighted by Crippen LogP contribution is -2.44. The lowest BCUT2D eigenvalue weighted by Gasteiger charge is -2.36. The summed E-state index contributed by atoms with van der Waals surface area (Å²) in [5.41, 5.74) is 5.08. The van der Waals surface area contributed by atoms with Crippen LogP contribution in [0.15, 0.2) is 54.2 Å². The van der Waals surface area contributed by atoms with Gasteiger partial charge in [-0.2, -0.15) is 0 Å². The molecule has 0 radical (unpaired) electrons. The summed E-state index contributed by atoms with van der Waals surface area (Å²) < 4.78 is 13.0. The first-order valence-corrected chi connectivity index (χ1v) is 8.99. The van der Waals surface area contributed by atoms with Crippen LogP contribution in [0.1, 0.15) is 28.4 Å². The molecule has 0 unspecified atom stereocenters. The number of carbonyl (C=O) groups excluding carboxylic acids is 1. The van der Waals surface area contributed by atoms with Gasteiger partial charge < -0.3 is 9.80 Å². The van der Waals surface area contributed by atoms with E-state index in [0.29, 0.717) is 11.1 Å². The lowest BCUT2D eigenvalue weighted by molar-refractivity contribution is 0.103. The van der Waals surface area contributed by atoms with Crippen molar-refractivity contribution < 1.29 is 9.18 Å². The van der Waals surface area contributed by atoms with Crippen molar-refractivity contribution in [3.05, 3.63) is 76.7 Å². The highest BCUT2D eigenvalue weighted by Crippen LogP contribution is 2.20. The van der Waals surface area contributed by atoms with Gasteiger partial charge in [0.15, 0.2) is 5.78 Å². The standard InChI is InChI=1S/C22H25FN2O/c1-16-4-9-21(14-17(16)2)25-12-10-24(11-13-25)15-18(3)22(26)19-5-7-20(23)8-6-19/h4-9,14-15H,10-13H2,1-3H3. The van der Waals surface area contributed by atoms with Gasteiger partial charge in [-0.05, 0) is 68.3 Å². The normalized spacial score (nSPS) is 15.3. The fraction of sp³-hybridized carbons (Fsp3) is 0.318. The second-order valence-corrected chi connectivity index (χ2v) is 6.94. The van der Waals surface area contributed by atoms with E-state index in [9.17, 15) is 9.18 Å². The molecule has 0 N–H and O–H groups in total. The van der Waals surface area contributed by atoms with Crippen molar-refractivity contribution in [1.29, 1.82) is 0 Å². The van der Waals surface area contributed by atoms with Gasteiger partial charge in [0.1, 0.15) is 5.82 Å². The zero-order valence-electron chi connectivity index (χ0n) is 15.6. The number of ketones is 1. The summed E-state index contributed by atoms with van der Waals surface area (Å²) in [7, 11) is 0. The molecule has 0 atom stereocenters. The molecule has 1 heterocycles. The van der Waals surface area contributed by atoms with E-state index in [1.807, 2.05) is 13.1 Å². The molecule has 26 heavy (non-hydrogen) atoms. The van der Waals surface area contributed by atoms with Crippen LogP contribution < -0.4 is 4.90 Å². The van der Waals surface area contributed by atoms with Gasteiger partial charge >= 0.3 is 0 Å². The third-order valence-corrected chi connectivity index (χ3v) is 5.01. The zero-order valence-corrected chi connectivity index (χ0v) is 15.6. The highest BCUT2D eigenvalue weighted by Gasteiger charge is 2.17. The van der Waals surface area contributed by atoms with Gasteiger partial charge in [0.25, 0.3) is 0 Å². The highest BCUT2D eigenvalue weighted by molar-refractivity contribution is 6.08. The number of rotatable bonds is 4. The number of nitrogens with zero attached hydrogens (tertiary/aromatic N) is 2. The van der Waals surface area contributed by atoms with Gasteiger partial charge in [-0.25, -0.2) is 4.39 Å². The highest BCUT2D eigenvalue weighted by atomic mass is 19.1. The number of anilines is 1. The molecule has 1 saturated heterocycles. The molecule has 136 valence electrons. The van der Waals surface area contributed by atoms with Crippen LogP contribution in [-0.2, 0) is 0 Å². The molecule has 1 aliphatic heterocycles. The Morgan fingerprint density at radius 3 is 2.23 bits per heavy atom. The van der Waals surface area contributed by atoms with Gasteiger partial charge in [0.2, 0.25) is 0 Å². The number of benzene rings is 2. The monoisotopic (exact) mass is 352 g/mol. The van der Waals surface area contributed by atoms with Crippen molar-refractivity contribution >= 4 is 11.5 Å². The number of hydrogen-bond donors (Lipinski definition) is 0. The van der Waals surface area contributed by atoms with Crippen LogP contribution in [0.2, 0.25) is 0 Å². The molecule has 2 aromatic rings. The first kappa shape index (κ1) is 18.2. The predicted octanol–water partition coefficient (Wildman–Crippen LogP) is 4.35. The van der Waals surface area contributed by atoms with Crippen LogP contribution in [0.4, 0.5) is 10.1 Å². The summed E-state index contributed by atoms with van der Waals surface area (Å²) in [6.45, 7) is 9.70. The average molecular weight is 352 g/mol. The number of carbonyl (C=O) groups is 1. The molecule has 0 saturated carbocycles. The molecule has 2 aromatic carbocycles. The maximum atomic E-state index is 13.0. The van der Waals surface area contributed by atoms with E-state index in [1.54, 1.807) is 0 Å². The van der Waals surface area contributed by atoms with Crippen LogP contribution in [0.5, 0.6) is 0 Å². The van der Waals surface area contributed by atoms with Gasteiger partial charge in [-0.3, -0.25) is 4.79 Å². The third-order valence-electron chi connectivity index (χ3n) is 5.01. The Bertz CT molecular complexity index is 819. The largest absolute Gasteiger partial charge is 0.373 e. The van der Waals surface area contributed by atoms with Crippen molar-refractivity contribution in [2.45, 2.75) is 20.8 Å². The number of allylic oxidation sites excluding steroid dienone is 1. The van der Waals surface area contributed by atoms with E-state index < -0.39 is 0 Å². The third kappa shape index (κ3) is 4.13. The second kappa shape index (κ2) is 7.73. The number of aryl methyl sites for hydroxylation is 2. The minimum absolute atomic E-state index is 0.0541. The quantitative estimate of drug-likeness (QED) is 0.604. The molecule has 0 aromatic heterocycles. The maximum Gasteiger partial charge on any atom is 0.190 e. The molecule has 3 rings (SSSR count). The molecule has 4 heteroatoms. The first-order chi connectivity index (χ1) is 12.4. The Balaban J connectivity index is 1.62. The minimum Gasteiger partial charge on any atom is -0.373 e. The molecule has 0 spiro atoms. The number of hydrogen-bond acceptors (Lipinski definition) is 3. The average Bonchev–Trinajstić information content (AvgIpc) is 2.64. The fourth-order valence-electron chi connectivity index (χ4n) is 3.19. The van der Waals surface area contributed by atoms with Crippen LogP contribution in [-0.4, -0.2) is 36.9 Å². The summed E-state index contributed by atoms with van der Waals surface area (Å²) in [6, 6.07) is 12.3. The second-order valence-electron chi connectivity index (χ2n) is 6.94. The number of halogens is 1. The lowest BCUT2D eigenvalue weighted by atomic mass is 10.1. The Morgan fingerprint density at radius 1 is 0.962 bits per heavy atom. The number of piperazine rings is 1. The predicted molar refractivity (Wildman–Crippen MR) is 104 cm³/mol. The van der Waals surface area contributed by atoms with E-state index in [4.69, 9.17) is 0 Å². The summed E-state index contributed by atoms with van der Waals surface area (Å²) in [5, 5.41) is 0. The summed E-state index contributed by atoms with van der Waals surface area (Å²) in [6.07, 6.45) is 1.93. The van der Waals surface area contributed by atoms with E-state index >= 15 is 0 Å². The molecule has 3 nitrogen and oxygen atoms in total. The Morgan fingerprint density at radius 2 is 1.62 bits per heavy atom. The van der Waals surface area contributed by atoms with E-state index in [1.165, 1.54) is 41.1 Å². The zero-order chi connectivity index (χ0) is 18.7.